The van der Waals surface area contributed by atoms with E-state index in [9.17, 15) is 5.11 Å². The van der Waals surface area contributed by atoms with Crippen LogP contribution in [-0.2, 0) is 0 Å². The van der Waals surface area contributed by atoms with Crippen molar-refractivity contribution in [3.8, 4) is 5.75 Å². The van der Waals surface area contributed by atoms with Crippen LogP contribution in [0.4, 0.5) is 0 Å². The molecule has 1 aliphatic carbocycles. The van der Waals surface area contributed by atoms with Gasteiger partial charge in [-0.1, -0.05) is 19.1 Å². The number of benzene rings is 1. The molecule has 0 bridgehead atoms. The fourth-order valence-electron chi connectivity index (χ4n) is 2.44. The molecule has 0 saturated heterocycles. The van der Waals surface area contributed by atoms with Crippen molar-refractivity contribution in [2.75, 3.05) is 19.7 Å². The molecule has 0 heterocycles. The van der Waals surface area contributed by atoms with Crippen LogP contribution in [0.25, 0.3) is 0 Å². The lowest BCUT2D eigenvalue weighted by molar-refractivity contribution is 0.104. The normalized spacial score (nSPS) is 17.8. The van der Waals surface area contributed by atoms with Crippen LogP contribution in [0.1, 0.15) is 37.3 Å². The van der Waals surface area contributed by atoms with Gasteiger partial charge in [-0.2, -0.15) is 0 Å². The van der Waals surface area contributed by atoms with Gasteiger partial charge in [-0.25, -0.2) is 0 Å². The van der Waals surface area contributed by atoms with Crippen molar-refractivity contribution < 1.29 is 9.84 Å². The second-order valence-corrected chi connectivity index (χ2v) is 6.22. The molecule has 1 unspecified atom stereocenters. The molecule has 0 radical (unpaired) electrons. The van der Waals surface area contributed by atoms with Crippen LogP contribution < -0.4 is 10.1 Å². The van der Waals surface area contributed by atoms with Crippen molar-refractivity contribution in [3.05, 3.63) is 29.3 Å². The average Bonchev–Trinajstić information content (AvgIpc) is 3.20. The van der Waals surface area contributed by atoms with Crippen molar-refractivity contribution >= 4 is 0 Å². The van der Waals surface area contributed by atoms with Crippen molar-refractivity contribution in [3.63, 3.8) is 0 Å². The maximum atomic E-state index is 9.97. The van der Waals surface area contributed by atoms with Gasteiger partial charge in [0.15, 0.2) is 0 Å². The maximum Gasteiger partial charge on any atom is 0.122 e. The Labute approximate surface area is 122 Å². The molecule has 1 aliphatic rings. The first-order valence-electron chi connectivity index (χ1n) is 7.63. The fourth-order valence-corrected chi connectivity index (χ4v) is 2.44. The predicted octanol–water partition coefficient (Wildman–Crippen LogP) is 2.82. The highest BCUT2D eigenvalue weighted by Gasteiger charge is 2.39. The van der Waals surface area contributed by atoms with Crippen LogP contribution in [0.3, 0.4) is 0 Å². The zero-order valence-corrected chi connectivity index (χ0v) is 12.9. The highest BCUT2D eigenvalue weighted by molar-refractivity contribution is 5.35. The van der Waals surface area contributed by atoms with Crippen molar-refractivity contribution in [2.45, 2.75) is 46.1 Å². The molecule has 0 amide bonds. The molecule has 20 heavy (non-hydrogen) atoms. The van der Waals surface area contributed by atoms with E-state index in [4.69, 9.17) is 4.74 Å². The van der Waals surface area contributed by atoms with Gasteiger partial charge in [0.05, 0.1) is 0 Å². The highest BCUT2D eigenvalue weighted by Crippen LogP contribution is 2.47. The Hall–Kier alpha value is -1.06. The number of aliphatic hydroxyl groups excluding tert-OH is 1. The summed E-state index contributed by atoms with van der Waals surface area (Å²) in [5.41, 5.74) is 2.81. The highest BCUT2D eigenvalue weighted by atomic mass is 16.5. The molecular formula is C17H27NO2. The second kappa shape index (κ2) is 6.59. The minimum Gasteiger partial charge on any atom is -0.491 e. The third-order valence-corrected chi connectivity index (χ3v) is 4.36. The number of nitrogens with one attached hydrogen (secondary N) is 1. The Morgan fingerprint density at radius 2 is 2.10 bits per heavy atom. The molecule has 2 rings (SSSR count). The first kappa shape index (κ1) is 15.3. The van der Waals surface area contributed by atoms with Crippen molar-refractivity contribution in [1.29, 1.82) is 0 Å². The van der Waals surface area contributed by atoms with E-state index >= 15 is 0 Å². The van der Waals surface area contributed by atoms with Gasteiger partial charge in [-0.05, 0) is 55.7 Å². The molecule has 0 aromatic heterocycles. The summed E-state index contributed by atoms with van der Waals surface area (Å²) in [4.78, 5) is 0. The molecule has 1 fully saturated rings. The van der Waals surface area contributed by atoms with Gasteiger partial charge >= 0.3 is 0 Å². The molecule has 112 valence electrons. The van der Waals surface area contributed by atoms with Crippen LogP contribution in [0.5, 0.6) is 5.75 Å². The zero-order valence-electron chi connectivity index (χ0n) is 12.9. The van der Waals surface area contributed by atoms with Crippen molar-refractivity contribution in [2.24, 2.45) is 5.41 Å². The molecule has 1 atom stereocenters. The maximum absolute atomic E-state index is 9.97. The van der Waals surface area contributed by atoms with E-state index in [2.05, 4.69) is 18.3 Å². The van der Waals surface area contributed by atoms with E-state index in [0.29, 0.717) is 18.6 Å². The number of aryl methyl sites for hydroxylation is 2. The van der Waals surface area contributed by atoms with Crippen LogP contribution in [0.2, 0.25) is 0 Å². The largest absolute Gasteiger partial charge is 0.491 e. The first-order valence-corrected chi connectivity index (χ1v) is 7.63. The Kier molecular flexibility index (Phi) is 5.06. The number of hydrogen-bond donors (Lipinski definition) is 2. The van der Waals surface area contributed by atoms with Gasteiger partial charge in [0.1, 0.15) is 18.5 Å². The van der Waals surface area contributed by atoms with Crippen LogP contribution in [0, 0.1) is 19.3 Å². The van der Waals surface area contributed by atoms with Crippen LogP contribution >= 0.6 is 0 Å². The second-order valence-electron chi connectivity index (χ2n) is 6.22. The predicted molar refractivity (Wildman–Crippen MR) is 82.2 cm³/mol. The Bertz CT molecular complexity index is 441. The third kappa shape index (κ3) is 4.22. The first-order chi connectivity index (χ1) is 9.54. The lowest BCUT2D eigenvalue weighted by Crippen LogP contribution is -2.34. The smallest absolute Gasteiger partial charge is 0.122 e. The monoisotopic (exact) mass is 277 g/mol. The zero-order chi connectivity index (χ0) is 14.6. The number of ether oxygens (including phenoxy) is 1. The summed E-state index contributed by atoms with van der Waals surface area (Å²) >= 11 is 0. The number of aliphatic hydroxyl groups is 1. The molecule has 2 N–H and O–H groups in total. The lowest BCUT2D eigenvalue weighted by Gasteiger charge is -2.17. The summed E-state index contributed by atoms with van der Waals surface area (Å²) in [6.45, 7) is 8.28. The van der Waals surface area contributed by atoms with Gasteiger partial charge in [0, 0.05) is 13.1 Å². The summed E-state index contributed by atoms with van der Waals surface area (Å²) < 4.78 is 5.71. The van der Waals surface area contributed by atoms with Gasteiger partial charge < -0.3 is 15.2 Å². The molecule has 1 aromatic rings. The topological polar surface area (TPSA) is 41.5 Å². The molecule has 1 saturated carbocycles. The van der Waals surface area contributed by atoms with E-state index in [1.165, 1.54) is 24.8 Å². The van der Waals surface area contributed by atoms with Gasteiger partial charge in [0.2, 0.25) is 0 Å². The number of hydrogen-bond acceptors (Lipinski definition) is 3. The van der Waals surface area contributed by atoms with E-state index < -0.39 is 6.10 Å². The summed E-state index contributed by atoms with van der Waals surface area (Å²) in [6.07, 6.45) is 3.43. The fraction of sp³-hybridized carbons (Fsp3) is 0.647. The molecule has 0 spiro atoms. The molecule has 0 aliphatic heterocycles. The van der Waals surface area contributed by atoms with E-state index in [0.717, 1.165) is 17.9 Å². The summed E-state index contributed by atoms with van der Waals surface area (Å²) in [7, 11) is 0. The molecule has 3 nitrogen and oxygen atoms in total. The quantitative estimate of drug-likeness (QED) is 0.768. The summed E-state index contributed by atoms with van der Waals surface area (Å²) in [6, 6.07) is 6.14. The standard InChI is InChI=1S/C17H27NO2/c1-4-17(7-8-17)12-18-10-15(19)11-20-16-9-13(2)5-6-14(16)3/h5-6,9,15,18-19H,4,7-8,10-12H2,1-3H3. The number of rotatable bonds is 8. The molecule has 3 heteroatoms. The van der Waals surface area contributed by atoms with Gasteiger partial charge in [-0.3, -0.25) is 0 Å². The van der Waals surface area contributed by atoms with Crippen LogP contribution in [-0.4, -0.2) is 30.9 Å². The van der Waals surface area contributed by atoms with Gasteiger partial charge in [0.25, 0.3) is 0 Å². The third-order valence-electron chi connectivity index (χ3n) is 4.36. The molecule has 1 aromatic carbocycles. The van der Waals surface area contributed by atoms with E-state index in [-0.39, 0.29) is 0 Å². The van der Waals surface area contributed by atoms with Crippen LogP contribution in [0.15, 0.2) is 18.2 Å². The van der Waals surface area contributed by atoms with Crippen molar-refractivity contribution in [1.82, 2.24) is 5.32 Å². The van der Waals surface area contributed by atoms with E-state index in [1.807, 2.05) is 26.0 Å². The summed E-state index contributed by atoms with van der Waals surface area (Å²) in [5, 5.41) is 13.3. The van der Waals surface area contributed by atoms with E-state index in [1.54, 1.807) is 0 Å². The summed E-state index contributed by atoms with van der Waals surface area (Å²) in [5.74, 6) is 0.872. The SMILES string of the molecule is CCC1(CNCC(O)COc2cc(C)ccc2C)CC1. The average molecular weight is 277 g/mol. The Balaban J connectivity index is 1.69. The minimum atomic E-state index is -0.456. The Morgan fingerprint density at radius 3 is 2.75 bits per heavy atom. The molecular weight excluding hydrogens is 250 g/mol. The Morgan fingerprint density at radius 1 is 1.35 bits per heavy atom. The van der Waals surface area contributed by atoms with Gasteiger partial charge in [-0.15, -0.1) is 0 Å². The lowest BCUT2D eigenvalue weighted by atomic mass is 10.0. The minimum absolute atomic E-state index is 0.344.